The summed E-state index contributed by atoms with van der Waals surface area (Å²) in [6.45, 7) is 0.519. The highest BCUT2D eigenvalue weighted by atomic mass is 79.9. The van der Waals surface area contributed by atoms with Gasteiger partial charge < -0.3 is 5.32 Å². The molecule has 1 N–H and O–H groups in total. The van der Waals surface area contributed by atoms with Crippen LogP contribution in [0.2, 0.25) is 5.02 Å². The fourth-order valence-electron chi connectivity index (χ4n) is 2.10. The predicted octanol–water partition coefficient (Wildman–Crippen LogP) is 4.60. The number of rotatable bonds is 4. The monoisotopic (exact) mass is 389 g/mol. The van der Waals surface area contributed by atoms with Gasteiger partial charge in [0.2, 0.25) is 0 Å². The summed E-state index contributed by atoms with van der Waals surface area (Å²) in [5.41, 5.74) is 2.19. The molecule has 0 aliphatic carbocycles. The zero-order valence-electron chi connectivity index (χ0n) is 12.0. The third kappa shape index (κ3) is 4.00. The maximum Gasteiger partial charge on any atom is 0.258 e. The van der Waals surface area contributed by atoms with Crippen LogP contribution in [0.5, 0.6) is 0 Å². The molecule has 116 valence electrons. The molecule has 0 saturated carbocycles. The number of anilines is 1. The quantitative estimate of drug-likeness (QED) is 0.708. The van der Waals surface area contributed by atoms with E-state index >= 15 is 0 Å². The van der Waals surface area contributed by atoms with E-state index in [4.69, 9.17) is 11.6 Å². The molecule has 0 saturated heterocycles. The van der Waals surface area contributed by atoms with Crippen LogP contribution in [0, 0.1) is 0 Å². The Kier molecular flexibility index (Phi) is 4.79. The van der Waals surface area contributed by atoms with Gasteiger partial charge in [0, 0.05) is 21.4 Å². The molecule has 0 fully saturated rings. The van der Waals surface area contributed by atoms with Crippen molar-refractivity contribution < 1.29 is 4.79 Å². The van der Waals surface area contributed by atoms with Crippen LogP contribution in [-0.2, 0) is 6.54 Å². The highest BCUT2D eigenvalue weighted by Crippen LogP contribution is 2.17. The van der Waals surface area contributed by atoms with Crippen molar-refractivity contribution in [3.63, 3.8) is 0 Å². The van der Waals surface area contributed by atoms with E-state index in [0.29, 0.717) is 17.1 Å². The van der Waals surface area contributed by atoms with Crippen molar-refractivity contribution in [1.82, 2.24) is 9.78 Å². The maximum atomic E-state index is 12.2. The molecule has 1 aromatic heterocycles. The van der Waals surface area contributed by atoms with Crippen molar-refractivity contribution in [1.29, 1.82) is 0 Å². The van der Waals surface area contributed by atoms with E-state index in [1.54, 1.807) is 17.1 Å². The normalized spacial score (nSPS) is 10.5. The first kappa shape index (κ1) is 15.8. The van der Waals surface area contributed by atoms with Crippen LogP contribution in [-0.4, -0.2) is 15.7 Å². The van der Waals surface area contributed by atoms with E-state index in [1.807, 2.05) is 48.5 Å². The summed E-state index contributed by atoms with van der Waals surface area (Å²) < 4.78 is 2.65. The molecule has 3 rings (SSSR count). The molecular formula is C17H13BrClN3O. The zero-order valence-corrected chi connectivity index (χ0v) is 14.4. The molecule has 2 aromatic carbocycles. The van der Waals surface area contributed by atoms with Gasteiger partial charge in [0.15, 0.2) is 0 Å². The predicted molar refractivity (Wildman–Crippen MR) is 94.9 cm³/mol. The van der Waals surface area contributed by atoms with Crippen molar-refractivity contribution in [3.05, 3.63) is 81.5 Å². The molecule has 0 unspecified atom stereocenters. The van der Waals surface area contributed by atoms with E-state index in [0.717, 1.165) is 15.7 Å². The number of nitrogens with one attached hydrogen (secondary N) is 1. The minimum absolute atomic E-state index is 0.197. The highest BCUT2D eigenvalue weighted by molar-refractivity contribution is 9.10. The smallest absolute Gasteiger partial charge is 0.258 e. The Morgan fingerprint density at radius 3 is 2.65 bits per heavy atom. The van der Waals surface area contributed by atoms with Gasteiger partial charge in [0.1, 0.15) is 0 Å². The van der Waals surface area contributed by atoms with Crippen LogP contribution in [0.25, 0.3) is 0 Å². The van der Waals surface area contributed by atoms with Gasteiger partial charge in [0.25, 0.3) is 5.91 Å². The number of benzene rings is 2. The molecule has 1 heterocycles. The first-order valence-electron chi connectivity index (χ1n) is 6.94. The summed E-state index contributed by atoms with van der Waals surface area (Å²) >= 11 is 9.50. The van der Waals surface area contributed by atoms with Crippen molar-refractivity contribution in [2.24, 2.45) is 0 Å². The summed E-state index contributed by atoms with van der Waals surface area (Å²) in [7, 11) is 0. The SMILES string of the molecule is O=C(Nc1ccc(Br)cc1)c1cnn(Cc2ccccc2Cl)c1. The lowest BCUT2D eigenvalue weighted by atomic mass is 10.2. The average molecular weight is 391 g/mol. The molecule has 4 nitrogen and oxygen atoms in total. The molecule has 0 atom stereocenters. The fraction of sp³-hybridized carbons (Fsp3) is 0.0588. The Bertz CT molecular complexity index is 830. The molecule has 0 aliphatic heterocycles. The average Bonchev–Trinajstić information content (AvgIpc) is 3.01. The van der Waals surface area contributed by atoms with Crippen molar-refractivity contribution in [2.45, 2.75) is 6.54 Å². The largest absolute Gasteiger partial charge is 0.322 e. The highest BCUT2D eigenvalue weighted by Gasteiger charge is 2.10. The number of hydrogen-bond donors (Lipinski definition) is 1. The lowest BCUT2D eigenvalue weighted by Crippen LogP contribution is -2.11. The molecule has 3 aromatic rings. The fourth-order valence-corrected chi connectivity index (χ4v) is 2.56. The van der Waals surface area contributed by atoms with Gasteiger partial charge in [-0.1, -0.05) is 45.7 Å². The Labute approximate surface area is 147 Å². The second kappa shape index (κ2) is 6.98. The Morgan fingerprint density at radius 2 is 1.91 bits per heavy atom. The summed E-state index contributed by atoms with van der Waals surface area (Å²) in [6.07, 6.45) is 3.25. The van der Waals surface area contributed by atoms with Crippen molar-refractivity contribution in [2.75, 3.05) is 5.32 Å². The molecule has 0 spiro atoms. The van der Waals surface area contributed by atoms with Gasteiger partial charge in [0.05, 0.1) is 18.3 Å². The first-order chi connectivity index (χ1) is 11.1. The summed E-state index contributed by atoms with van der Waals surface area (Å²) in [5.74, 6) is -0.197. The van der Waals surface area contributed by atoms with Crippen LogP contribution in [0.3, 0.4) is 0 Å². The number of carbonyl (C=O) groups excluding carboxylic acids is 1. The lowest BCUT2D eigenvalue weighted by molar-refractivity contribution is 0.102. The number of carbonyl (C=O) groups is 1. The van der Waals surface area contributed by atoms with Crippen LogP contribution in [0.1, 0.15) is 15.9 Å². The number of amides is 1. The van der Waals surface area contributed by atoms with Gasteiger partial charge >= 0.3 is 0 Å². The van der Waals surface area contributed by atoms with E-state index in [9.17, 15) is 4.79 Å². The van der Waals surface area contributed by atoms with E-state index < -0.39 is 0 Å². The minimum atomic E-state index is -0.197. The number of aromatic nitrogens is 2. The van der Waals surface area contributed by atoms with Gasteiger partial charge in [-0.3, -0.25) is 9.48 Å². The van der Waals surface area contributed by atoms with Crippen LogP contribution >= 0.6 is 27.5 Å². The topological polar surface area (TPSA) is 46.9 Å². The maximum absolute atomic E-state index is 12.2. The second-order valence-corrected chi connectivity index (χ2v) is 6.30. The van der Waals surface area contributed by atoms with Crippen molar-refractivity contribution in [3.8, 4) is 0 Å². The molecule has 6 heteroatoms. The standard InChI is InChI=1S/C17H13BrClN3O/c18-14-5-7-15(8-6-14)21-17(23)13-9-20-22(11-13)10-12-3-1-2-4-16(12)19/h1-9,11H,10H2,(H,21,23). The Balaban J connectivity index is 1.70. The third-order valence-corrected chi connectivity index (χ3v) is 4.19. The summed E-state index contributed by atoms with van der Waals surface area (Å²) in [4.78, 5) is 12.2. The molecule has 0 bridgehead atoms. The van der Waals surface area contributed by atoms with Crippen LogP contribution in [0.15, 0.2) is 65.4 Å². The summed E-state index contributed by atoms with van der Waals surface area (Å²) in [5, 5.41) is 7.74. The Morgan fingerprint density at radius 1 is 1.17 bits per heavy atom. The first-order valence-corrected chi connectivity index (χ1v) is 8.12. The van der Waals surface area contributed by atoms with Gasteiger partial charge in [-0.25, -0.2) is 0 Å². The molecule has 0 radical (unpaired) electrons. The van der Waals surface area contributed by atoms with Crippen LogP contribution < -0.4 is 5.32 Å². The van der Waals surface area contributed by atoms with Gasteiger partial charge in [-0.2, -0.15) is 5.10 Å². The summed E-state index contributed by atoms with van der Waals surface area (Å²) in [6, 6.07) is 15.0. The number of hydrogen-bond acceptors (Lipinski definition) is 2. The second-order valence-electron chi connectivity index (χ2n) is 4.98. The van der Waals surface area contributed by atoms with Crippen molar-refractivity contribution >= 4 is 39.1 Å². The molecule has 23 heavy (non-hydrogen) atoms. The van der Waals surface area contributed by atoms with Gasteiger partial charge in [-0.05, 0) is 35.9 Å². The van der Waals surface area contributed by atoms with Gasteiger partial charge in [-0.15, -0.1) is 0 Å². The van der Waals surface area contributed by atoms with E-state index in [2.05, 4.69) is 26.3 Å². The third-order valence-electron chi connectivity index (χ3n) is 3.29. The van der Waals surface area contributed by atoms with Crippen LogP contribution in [0.4, 0.5) is 5.69 Å². The molecule has 0 aliphatic rings. The van der Waals surface area contributed by atoms with E-state index in [-0.39, 0.29) is 5.91 Å². The Hall–Kier alpha value is -2.11. The molecule has 1 amide bonds. The van der Waals surface area contributed by atoms with E-state index in [1.165, 1.54) is 0 Å². The molecular weight excluding hydrogens is 378 g/mol. The number of halogens is 2. The lowest BCUT2D eigenvalue weighted by Gasteiger charge is -2.04. The number of nitrogens with zero attached hydrogens (tertiary/aromatic N) is 2. The minimum Gasteiger partial charge on any atom is -0.322 e. The zero-order chi connectivity index (χ0) is 16.2.